The van der Waals surface area contributed by atoms with Crippen LogP contribution in [0.2, 0.25) is 10.0 Å². The zero-order chi connectivity index (χ0) is 12.8. The standard InChI is InChI=1S/C15H19Cl2N/c1-2-10-8-15(10,9-18-11-6-7-11)14-12(16)4-3-5-13(14)17/h3-5,10-11,18H,2,6-9H2,1H3. The molecule has 0 radical (unpaired) electrons. The molecule has 2 aliphatic carbocycles. The summed E-state index contributed by atoms with van der Waals surface area (Å²) in [5.74, 6) is 0.723. The highest BCUT2D eigenvalue weighted by Crippen LogP contribution is 2.59. The maximum Gasteiger partial charge on any atom is 0.0459 e. The summed E-state index contributed by atoms with van der Waals surface area (Å²) >= 11 is 12.8. The van der Waals surface area contributed by atoms with Gasteiger partial charge in [0.2, 0.25) is 0 Å². The van der Waals surface area contributed by atoms with E-state index in [-0.39, 0.29) is 5.41 Å². The molecule has 1 aromatic rings. The fourth-order valence-electron chi connectivity index (χ4n) is 3.11. The minimum Gasteiger partial charge on any atom is -0.313 e. The highest BCUT2D eigenvalue weighted by Gasteiger charge is 2.55. The number of nitrogens with one attached hydrogen (secondary N) is 1. The molecular formula is C15H19Cl2N. The van der Waals surface area contributed by atoms with Crippen molar-refractivity contribution in [3.05, 3.63) is 33.8 Å². The SMILES string of the molecule is CCC1CC1(CNC1CC1)c1c(Cl)cccc1Cl. The molecule has 2 atom stereocenters. The Balaban J connectivity index is 1.89. The van der Waals surface area contributed by atoms with E-state index in [0.29, 0.717) is 0 Å². The largest absolute Gasteiger partial charge is 0.313 e. The normalized spacial score (nSPS) is 30.5. The molecule has 0 aromatic heterocycles. The molecule has 1 N–H and O–H groups in total. The van der Waals surface area contributed by atoms with E-state index >= 15 is 0 Å². The molecule has 0 amide bonds. The van der Waals surface area contributed by atoms with Crippen LogP contribution in [0.4, 0.5) is 0 Å². The van der Waals surface area contributed by atoms with Gasteiger partial charge in [-0.15, -0.1) is 0 Å². The van der Waals surface area contributed by atoms with E-state index in [9.17, 15) is 0 Å². The fraction of sp³-hybridized carbons (Fsp3) is 0.600. The summed E-state index contributed by atoms with van der Waals surface area (Å²) in [6.07, 6.45) is 5.06. The van der Waals surface area contributed by atoms with Gasteiger partial charge >= 0.3 is 0 Å². The lowest BCUT2D eigenvalue weighted by Gasteiger charge is -2.21. The zero-order valence-electron chi connectivity index (χ0n) is 10.7. The molecule has 3 rings (SSSR count). The van der Waals surface area contributed by atoms with Crippen molar-refractivity contribution in [3.8, 4) is 0 Å². The number of rotatable bonds is 5. The van der Waals surface area contributed by atoms with Gasteiger partial charge in [-0.3, -0.25) is 0 Å². The predicted octanol–water partition coefficient (Wildman–Crippen LogP) is 4.41. The highest BCUT2D eigenvalue weighted by atomic mass is 35.5. The first-order valence-corrected chi connectivity index (χ1v) is 7.61. The molecule has 2 unspecified atom stereocenters. The van der Waals surface area contributed by atoms with E-state index < -0.39 is 0 Å². The lowest BCUT2D eigenvalue weighted by molar-refractivity contribution is 0.522. The van der Waals surface area contributed by atoms with Crippen molar-refractivity contribution in [1.29, 1.82) is 0 Å². The molecule has 18 heavy (non-hydrogen) atoms. The molecule has 2 saturated carbocycles. The van der Waals surface area contributed by atoms with Gasteiger partial charge in [0.05, 0.1) is 0 Å². The molecule has 0 aliphatic heterocycles. The Morgan fingerprint density at radius 2 is 1.94 bits per heavy atom. The quantitative estimate of drug-likeness (QED) is 0.844. The molecule has 1 aromatic carbocycles. The van der Waals surface area contributed by atoms with Gasteiger partial charge in [0.15, 0.2) is 0 Å². The predicted molar refractivity (Wildman–Crippen MR) is 77.6 cm³/mol. The van der Waals surface area contributed by atoms with Crippen molar-refractivity contribution in [1.82, 2.24) is 5.32 Å². The average Bonchev–Trinajstić information content (AvgIpc) is 3.22. The van der Waals surface area contributed by atoms with E-state index in [2.05, 4.69) is 12.2 Å². The fourth-order valence-corrected chi connectivity index (χ4v) is 3.89. The zero-order valence-corrected chi connectivity index (χ0v) is 12.2. The molecule has 2 aliphatic rings. The lowest BCUT2D eigenvalue weighted by Crippen LogP contribution is -2.30. The number of hydrogen-bond donors (Lipinski definition) is 1. The summed E-state index contributed by atoms with van der Waals surface area (Å²) in [6, 6.07) is 6.60. The van der Waals surface area contributed by atoms with Gasteiger partial charge in [0.25, 0.3) is 0 Å². The molecule has 3 heteroatoms. The Hall–Kier alpha value is -0.240. The van der Waals surface area contributed by atoms with Crippen LogP contribution < -0.4 is 5.32 Å². The molecule has 0 spiro atoms. The van der Waals surface area contributed by atoms with Crippen LogP contribution in [0.15, 0.2) is 18.2 Å². The van der Waals surface area contributed by atoms with E-state index in [4.69, 9.17) is 23.2 Å². The van der Waals surface area contributed by atoms with Gasteiger partial charge in [-0.1, -0.05) is 42.6 Å². The highest BCUT2D eigenvalue weighted by molar-refractivity contribution is 6.36. The minimum absolute atomic E-state index is 0.187. The second-order valence-electron chi connectivity index (χ2n) is 5.72. The van der Waals surface area contributed by atoms with Crippen molar-refractivity contribution >= 4 is 23.2 Å². The molecule has 2 fully saturated rings. The van der Waals surface area contributed by atoms with Crippen LogP contribution in [0.3, 0.4) is 0 Å². The third kappa shape index (κ3) is 2.17. The summed E-state index contributed by atoms with van der Waals surface area (Å²) in [7, 11) is 0. The van der Waals surface area contributed by atoms with Gasteiger partial charge in [-0.25, -0.2) is 0 Å². The summed E-state index contributed by atoms with van der Waals surface area (Å²) in [5.41, 5.74) is 1.36. The van der Waals surface area contributed by atoms with Gasteiger partial charge < -0.3 is 5.32 Å². The van der Waals surface area contributed by atoms with Crippen LogP contribution in [0.5, 0.6) is 0 Å². The van der Waals surface area contributed by atoms with E-state index in [1.165, 1.54) is 31.2 Å². The lowest BCUT2D eigenvalue weighted by atomic mass is 9.92. The number of hydrogen-bond acceptors (Lipinski definition) is 1. The second-order valence-corrected chi connectivity index (χ2v) is 6.53. The van der Waals surface area contributed by atoms with Crippen LogP contribution in [0, 0.1) is 5.92 Å². The van der Waals surface area contributed by atoms with Crippen LogP contribution in [0.1, 0.15) is 38.2 Å². The smallest absolute Gasteiger partial charge is 0.0459 e. The minimum atomic E-state index is 0.187. The van der Waals surface area contributed by atoms with E-state index in [0.717, 1.165) is 28.5 Å². The Morgan fingerprint density at radius 1 is 1.28 bits per heavy atom. The summed E-state index contributed by atoms with van der Waals surface area (Å²) in [6.45, 7) is 3.29. The molecule has 98 valence electrons. The van der Waals surface area contributed by atoms with Gasteiger partial charge in [-0.2, -0.15) is 0 Å². The van der Waals surface area contributed by atoms with Crippen LogP contribution in [-0.2, 0) is 5.41 Å². The first-order chi connectivity index (χ1) is 8.67. The topological polar surface area (TPSA) is 12.0 Å². The average molecular weight is 284 g/mol. The third-order valence-electron chi connectivity index (χ3n) is 4.47. The maximum absolute atomic E-state index is 6.40. The van der Waals surface area contributed by atoms with Crippen molar-refractivity contribution in [2.45, 2.75) is 44.1 Å². The molecule has 0 heterocycles. The van der Waals surface area contributed by atoms with Crippen LogP contribution in [-0.4, -0.2) is 12.6 Å². The molecular weight excluding hydrogens is 265 g/mol. The van der Waals surface area contributed by atoms with Gasteiger partial charge in [-0.05, 0) is 42.9 Å². The van der Waals surface area contributed by atoms with Gasteiger partial charge in [0, 0.05) is 28.0 Å². The molecule has 0 bridgehead atoms. The van der Waals surface area contributed by atoms with E-state index in [1.807, 2.05) is 18.2 Å². The monoisotopic (exact) mass is 283 g/mol. The Morgan fingerprint density at radius 3 is 2.44 bits per heavy atom. The van der Waals surface area contributed by atoms with Crippen molar-refractivity contribution in [2.24, 2.45) is 5.92 Å². The Bertz CT molecular complexity index is 436. The van der Waals surface area contributed by atoms with E-state index in [1.54, 1.807) is 0 Å². The second kappa shape index (κ2) is 4.70. The summed E-state index contributed by atoms with van der Waals surface area (Å²) in [5, 5.41) is 5.32. The number of benzene rings is 1. The Kier molecular flexibility index (Phi) is 3.34. The van der Waals surface area contributed by atoms with Crippen LogP contribution >= 0.6 is 23.2 Å². The third-order valence-corrected chi connectivity index (χ3v) is 5.10. The van der Waals surface area contributed by atoms with Crippen molar-refractivity contribution in [3.63, 3.8) is 0 Å². The first kappa shape index (κ1) is 12.8. The van der Waals surface area contributed by atoms with Crippen LogP contribution in [0.25, 0.3) is 0 Å². The number of halogens is 2. The summed E-state index contributed by atoms with van der Waals surface area (Å²) in [4.78, 5) is 0. The van der Waals surface area contributed by atoms with Gasteiger partial charge in [0.1, 0.15) is 0 Å². The Labute approximate surface area is 119 Å². The summed E-state index contributed by atoms with van der Waals surface area (Å²) < 4.78 is 0. The molecule has 0 saturated heterocycles. The van der Waals surface area contributed by atoms with Crippen molar-refractivity contribution < 1.29 is 0 Å². The maximum atomic E-state index is 6.40. The van der Waals surface area contributed by atoms with Crippen molar-refractivity contribution in [2.75, 3.05) is 6.54 Å². The molecule has 1 nitrogen and oxygen atoms in total. The first-order valence-electron chi connectivity index (χ1n) is 6.85.